The van der Waals surface area contributed by atoms with Gasteiger partial charge in [-0.15, -0.1) is 0 Å². The summed E-state index contributed by atoms with van der Waals surface area (Å²) in [5.74, 6) is 0.0362. The van der Waals surface area contributed by atoms with Crippen LogP contribution in [0.25, 0.3) is 0 Å². The molecule has 8 heteroatoms. The van der Waals surface area contributed by atoms with Crippen LogP contribution in [0.1, 0.15) is 15.9 Å². The van der Waals surface area contributed by atoms with Crippen molar-refractivity contribution in [1.82, 2.24) is 9.80 Å². The van der Waals surface area contributed by atoms with Crippen LogP contribution < -0.4 is 4.74 Å². The molecule has 1 aliphatic rings. The highest BCUT2D eigenvalue weighted by molar-refractivity contribution is 6.35. The van der Waals surface area contributed by atoms with Gasteiger partial charge in [0.05, 0.1) is 25.3 Å². The third-order valence-electron chi connectivity index (χ3n) is 4.60. The number of ether oxygens (including phenoxy) is 2. The Hall–Kier alpha value is -2.28. The van der Waals surface area contributed by atoms with Gasteiger partial charge >= 0.3 is 0 Å². The molecule has 29 heavy (non-hydrogen) atoms. The molecule has 0 saturated carbocycles. The van der Waals surface area contributed by atoms with Crippen molar-refractivity contribution in [3.63, 3.8) is 0 Å². The molecule has 6 nitrogen and oxygen atoms in total. The van der Waals surface area contributed by atoms with Crippen LogP contribution in [0.2, 0.25) is 10.0 Å². The highest BCUT2D eigenvalue weighted by Gasteiger charge is 2.23. The molecule has 0 radical (unpaired) electrons. The van der Waals surface area contributed by atoms with E-state index in [2.05, 4.69) is 0 Å². The predicted octanol–water partition coefficient (Wildman–Crippen LogP) is 3.50. The van der Waals surface area contributed by atoms with Gasteiger partial charge in [0.25, 0.3) is 5.91 Å². The molecule has 1 aliphatic heterocycles. The SMILES string of the molecule is CN(CC(=O)N1CCOCC1)C(=O)c1ccccc1OCc1ccc(Cl)cc1Cl. The van der Waals surface area contributed by atoms with Crippen molar-refractivity contribution in [1.29, 1.82) is 0 Å². The predicted molar refractivity (Wildman–Crippen MR) is 112 cm³/mol. The van der Waals surface area contributed by atoms with E-state index < -0.39 is 0 Å². The first-order valence-electron chi connectivity index (χ1n) is 9.22. The number of hydrogen-bond donors (Lipinski definition) is 0. The van der Waals surface area contributed by atoms with Crippen molar-refractivity contribution >= 4 is 35.0 Å². The van der Waals surface area contributed by atoms with Gasteiger partial charge in [-0.2, -0.15) is 0 Å². The number of carbonyl (C=O) groups excluding carboxylic acids is 2. The van der Waals surface area contributed by atoms with E-state index in [1.54, 1.807) is 54.4 Å². The summed E-state index contributed by atoms with van der Waals surface area (Å²) in [7, 11) is 1.60. The van der Waals surface area contributed by atoms with Gasteiger partial charge in [0.1, 0.15) is 12.4 Å². The number of benzene rings is 2. The number of para-hydroxylation sites is 1. The van der Waals surface area contributed by atoms with Gasteiger partial charge in [-0.25, -0.2) is 0 Å². The standard InChI is InChI=1S/C21H22Cl2N2O4/c1-24(13-20(26)25-8-10-28-11-9-25)21(27)17-4-2-3-5-19(17)29-14-15-6-7-16(22)12-18(15)23/h2-7,12H,8-11,13-14H2,1H3. The maximum absolute atomic E-state index is 12.9. The lowest BCUT2D eigenvalue weighted by atomic mass is 10.1. The number of halogens is 2. The summed E-state index contributed by atoms with van der Waals surface area (Å²) in [4.78, 5) is 28.4. The van der Waals surface area contributed by atoms with E-state index in [4.69, 9.17) is 32.7 Å². The van der Waals surface area contributed by atoms with Gasteiger partial charge in [-0.05, 0) is 24.3 Å². The van der Waals surface area contributed by atoms with Gasteiger partial charge in [0, 0.05) is 35.7 Å². The topological polar surface area (TPSA) is 59.1 Å². The Morgan fingerprint density at radius 1 is 1.14 bits per heavy atom. The van der Waals surface area contributed by atoms with E-state index in [-0.39, 0.29) is 25.0 Å². The third-order valence-corrected chi connectivity index (χ3v) is 5.19. The van der Waals surface area contributed by atoms with Crippen LogP contribution in [-0.4, -0.2) is 61.5 Å². The van der Waals surface area contributed by atoms with E-state index in [1.807, 2.05) is 0 Å². The molecular weight excluding hydrogens is 415 g/mol. The lowest BCUT2D eigenvalue weighted by molar-refractivity contribution is -0.135. The second kappa shape index (κ2) is 9.96. The second-order valence-corrected chi connectivity index (χ2v) is 7.52. The second-order valence-electron chi connectivity index (χ2n) is 6.67. The molecule has 0 unspecified atom stereocenters. The minimum atomic E-state index is -0.288. The molecule has 0 aliphatic carbocycles. The Morgan fingerprint density at radius 3 is 2.59 bits per heavy atom. The van der Waals surface area contributed by atoms with E-state index in [1.165, 1.54) is 4.90 Å². The molecule has 0 N–H and O–H groups in total. The van der Waals surface area contributed by atoms with E-state index >= 15 is 0 Å². The number of amides is 2. The minimum Gasteiger partial charge on any atom is -0.488 e. The summed E-state index contributed by atoms with van der Waals surface area (Å²) in [6.45, 7) is 2.32. The normalized spacial score (nSPS) is 13.8. The van der Waals surface area contributed by atoms with Crippen molar-refractivity contribution in [2.24, 2.45) is 0 Å². The van der Waals surface area contributed by atoms with Crippen LogP contribution in [0.5, 0.6) is 5.75 Å². The fourth-order valence-corrected chi connectivity index (χ4v) is 3.42. The molecule has 1 heterocycles. The van der Waals surface area contributed by atoms with E-state index in [9.17, 15) is 9.59 Å². The molecule has 154 valence electrons. The molecule has 2 aromatic rings. The monoisotopic (exact) mass is 436 g/mol. The largest absolute Gasteiger partial charge is 0.488 e. The molecule has 0 atom stereocenters. The van der Waals surface area contributed by atoms with E-state index in [0.717, 1.165) is 5.56 Å². The van der Waals surface area contributed by atoms with Crippen LogP contribution in [0.15, 0.2) is 42.5 Å². The number of likely N-dealkylation sites (N-methyl/N-ethyl adjacent to an activating group) is 1. The zero-order valence-electron chi connectivity index (χ0n) is 16.1. The average molecular weight is 437 g/mol. The Morgan fingerprint density at radius 2 is 1.86 bits per heavy atom. The van der Waals surface area contributed by atoms with Crippen molar-refractivity contribution in [3.8, 4) is 5.75 Å². The van der Waals surface area contributed by atoms with Crippen LogP contribution in [-0.2, 0) is 16.1 Å². The van der Waals surface area contributed by atoms with Crippen molar-refractivity contribution in [2.45, 2.75) is 6.61 Å². The molecule has 0 spiro atoms. The van der Waals surface area contributed by atoms with Crippen LogP contribution >= 0.6 is 23.2 Å². The van der Waals surface area contributed by atoms with Gasteiger partial charge in [0.2, 0.25) is 5.91 Å². The summed E-state index contributed by atoms with van der Waals surface area (Å²) in [5, 5.41) is 1.04. The number of morpholine rings is 1. The Kier molecular flexibility index (Phi) is 7.36. The van der Waals surface area contributed by atoms with E-state index in [0.29, 0.717) is 47.7 Å². The number of nitrogens with zero attached hydrogens (tertiary/aromatic N) is 2. The highest BCUT2D eigenvalue weighted by Crippen LogP contribution is 2.25. The third kappa shape index (κ3) is 5.63. The number of hydrogen-bond acceptors (Lipinski definition) is 4. The fourth-order valence-electron chi connectivity index (χ4n) is 2.96. The lowest BCUT2D eigenvalue weighted by Crippen LogP contribution is -2.46. The van der Waals surface area contributed by atoms with Crippen molar-refractivity contribution in [3.05, 3.63) is 63.6 Å². The molecule has 3 rings (SSSR count). The summed E-state index contributed by atoms with van der Waals surface area (Å²) in [5.41, 5.74) is 1.14. The lowest BCUT2D eigenvalue weighted by Gasteiger charge is -2.29. The molecule has 2 aromatic carbocycles. The van der Waals surface area contributed by atoms with Gasteiger partial charge in [-0.3, -0.25) is 9.59 Å². The molecule has 0 bridgehead atoms. The molecule has 0 aromatic heterocycles. The minimum absolute atomic E-state index is 0.00379. The van der Waals surface area contributed by atoms with Crippen LogP contribution in [0.3, 0.4) is 0 Å². The zero-order valence-corrected chi connectivity index (χ0v) is 17.6. The number of carbonyl (C=O) groups is 2. The Labute approximate surface area is 179 Å². The molecular formula is C21H22Cl2N2O4. The summed E-state index contributed by atoms with van der Waals surface area (Å²) in [6.07, 6.45) is 0. The zero-order chi connectivity index (χ0) is 20.8. The first-order chi connectivity index (χ1) is 14.0. The first-order valence-corrected chi connectivity index (χ1v) is 9.98. The maximum Gasteiger partial charge on any atom is 0.257 e. The first kappa shape index (κ1) is 21.4. The summed E-state index contributed by atoms with van der Waals surface area (Å²) in [6, 6.07) is 12.1. The van der Waals surface area contributed by atoms with Gasteiger partial charge in [0.15, 0.2) is 0 Å². The van der Waals surface area contributed by atoms with Gasteiger partial charge in [-0.1, -0.05) is 41.4 Å². The molecule has 1 saturated heterocycles. The molecule has 2 amide bonds. The maximum atomic E-state index is 12.9. The van der Waals surface area contributed by atoms with Crippen LogP contribution in [0.4, 0.5) is 0 Å². The van der Waals surface area contributed by atoms with Crippen molar-refractivity contribution in [2.75, 3.05) is 39.9 Å². The van der Waals surface area contributed by atoms with Gasteiger partial charge < -0.3 is 19.3 Å². The van der Waals surface area contributed by atoms with Crippen LogP contribution in [0, 0.1) is 0 Å². The molecule has 1 fully saturated rings. The Bertz CT molecular complexity index is 885. The quantitative estimate of drug-likeness (QED) is 0.694. The highest BCUT2D eigenvalue weighted by atomic mass is 35.5. The number of rotatable bonds is 6. The fraction of sp³-hybridized carbons (Fsp3) is 0.333. The van der Waals surface area contributed by atoms with Crippen molar-refractivity contribution < 1.29 is 19.1 Å². The smallest absolute Gasteiger partial charge is 0.257 e. The summed E-state index contributed by atoms with van der Waals surface area (Å²) < 4.78 is 11.1. The summed E-state index contributed by atoms with van der Waals surface area (Å²) >= 11 is 12.1. The average Bonchev–Trinajstić information content (AvgIpc) is 2.73. The Balaban J connectivity index is 1.66.